The fourth-order valence-electron chi connectivity index (χ4n) is 2.24. The van der Waals surface area contributed by atoms with Crippen LogP contribution in [0, 0.1) is 11.3 Å². The summed E-state index contributed by atoms with van der Waals surface area (Å²) in [6, 6.07) is 11.5. The van der Waals surface area contributed by atoms with Crippen molar-refractivity contribution in [3.05, 3.63) is 35.9 Å². The second kappa shape index (κ2) is 6.40. The third-order valence-corrected chi connectivity index (χ3v) is 3.57. The minimum atomic E-state index is -0.953. The summed E-state index contributed by atoms with van der Waals surface area (Å²) in [5.74, 6) is 0. The highest BCUT2D eigenvalue weighted by Gasteiger charge is 2.34. The highest BCUT2D eigenvalue weighted by molar-refractivity contribution is 5.67. The smallest absolute Gasteiger partial charge is 0.410 e. The van der Waals surface area contributed by atoms with E-state index in [1.165, 1.54) is 0 Å². The van der Waals surface area contributed by atoms with Gasteiger partial charge in [0.15, 0.2) is 0 Å². The lowest BCUT2D eigenvalue weighted by atomic mass is 9.89. The molecule has 1 aromatic rings. The number of hydrogen-bond donors (Lipinski definition) is 1. The zero-order valence-corrected chi connectivity index (χ0v) is 11.3. The molecule has 5 heteroatoms. The number of hydrogen-bond acceptors (Lipinski definition) is 4. The topological polar surface area (TPSA) is 73.6 Å². The Kier molecular flexibility index (Phi) is 4.59. The zero-order chi connectivity index (χ0) is 14.4. The van der Waals surface area contributed by atoms with E-state index in [0.29, 0.717) is 25.9 Å². The summed E-state index contributed by atoms with van der Waals surface area (Å²) >= 11 is 0. The molecule has 5 nitrogen and oxygen atoms in total. The minimum absolute atomic E-state index is 0.111. The molecule has 1 fully saturated rings. The summed E-state index contributed by atoms with van der Waals surface area (Å²) in [6.45, 7) is 1.09. The summed E-state index contributed by atoms with van der Waals surface area (Å²) in [7, 11) is 0. The SMILES string of the molecule is N#CCC1(O)CCN(C(=O)OCc2ccccc2)CC1. The summed E-state index contributed by atoms with van der Waals surface area (Å²) in [5.41, 5.74) is -0.0100. The first-order valence-electron chi connectivity index (χ1n) is 6.68. The van der Waals surface area contributed by atoms with Gasteiger partial charge in [-0.3, -0.25) is 0 Å². The molecule has 0 aromatic heterocycles. The fraction of sp³-hybridized carbons (Fsp3) is 0.467. The Bertz CT molecular complexity index is 488. The summed E-state index contributed by atoms with van der Waals surface area (Å²) in [4.78, 5) is 13.5. The van der Waals surface area contributed by atoms with Crippen molar-refractivity contribution in [3.63, 3.8) is 0 Å². The Hall–Kier alpha value is -2.06. The van der Waals surface area contributed by atoms with Crippen molar-refractivity contribution < 1.29 is 14.6 Å². The van der Waals surface area contributed by atoms with E-state index < -0.39 is 5.60 Å². The molecular formula is C15H18N2O3. The lowest BCUT2D eigenvalue weighted by Crippen LogP contribution is -2.46. The van der Waals surface area contributed by atoms with Crippen molar-refractivity contribution in [2.45, 2.75) is 31.5 Å². The highest BCUT2D eigenvalue weighted by atomic mass is 16.6. The first kappa shape index (κ1) is 14.4. The van der Waals surface area contributed by atoms with Gasteiger partial charge in [0, 0.05) is 13.1 Å². The van der Waals surface area contributed by atoms with Crippen LogP contribution in [0.15, 0.2) is 30.3 Å². The van der Waals surface area contributed by atoms with Gasteiger partial charge in [-0.25, -0.2) is 4.79 Å². The van der Waals surface area contributed by atoms with Gasteiger partial charge in [-0.05, 0) is 18.4 Å². The number of nitrogens with zero attached hydrogens (tertiary/aromatic N) is 2. The molecule has 0 saturated carbocycles. The van der Waals surface area contributed by atoms with Gasteiger partial charge in [0.05, 0.1) is 18.1 Å². The minimum Gasteiger partial charge on any atom is -0.445 e. The Morgan fingerprint density at radius 1 is 1.35 bits per heavy atom. The number of benzene rings is 1. The van der Waals surface area contributed by atoms with Crippen LogP contribution in [0.4, 0.5) is 4.79 Å². The first-order chi connectivity index (χ1) is 9.63. The summed E-state index contributed by atoms with van der Waals surface area (Å²) in [5, 5.41) is 18.7. The fourth-order valence-corrected chi connectivity index (χ4v) is 2.24. The lowest BCUT2D eigenvalue weighted by molar-refractivity contribution is -0.0174. The van der Waals surface area contributed by atoms with E-state index in [4.69, 9.17) is 10.00 Å². The molecule has 1 heterocycles. The van der Waals surface area contributed by atoms with Crippen LogP contribution in [0.25, 0.3) is 0 Å². The van der Waals surface area contributed by atoms with E-state index >= 15 is 0 Å². The van der Waals surface area contributed by atoms with Crippen LogP contribution in [0.1, 0.15) is 24.8 Å². The maximum Gasteiger partial charge on any atom is 0.410 e. The number of carbonyl (C=O) groups excluding carboxylic acids is 1. The number of rotatable bonds is 3. The third kappa shape index (κ3) is 3.72. The molecule has 2 rings (SSSR count). The van der Waals surface area contributed by atoms with Crippen molar-refractivity contribution in [2.24, 2.45) is 0 Å². The number of amides is 1. The average molecular weight is 274 g/mol. The van der Waals surface area contributed by atoms with Gasteiger partial charge >= 0.3 is 6.09 Å². The molecule has 20 heavy (non-hydrogen) atoms. The van der Waals surface area contributed by atoms with Gasteiger partial charge in [0.25, 0.3) is 0 Å². The van der Waals surface area contributed by atoms with E-state index in [-0.39, 0.29) is 19.1 Å². The molecular weight excluding hydrogens is 256 g/mol. The maximum absolute atomic E-state index is 11.9. The molecule has 1 saturated heterocycles. The normalized spacial score (nSPS) is 17.3. The van der Waals surface area contributed by atoms with Gasteiger partial charge in [-0.15, -0.1) is 0 Å². The number of carbonyl (C=O) groups is 1. The molecule has 106 valence electrons. The molecule has 1 aromatic carbocycles. The molecule has 1 amide bonds. The van der Waals surface area contributed by atoms with E-state index in [2.05, 4.69) is 0 Å². The monoisotopic (exact) mass is 274 g/mol. The van der Waals surface area contributed by atoms with Crippen LogP contribution in [-0.2, 0) is 11.3 Å². The second-order valence-electron chi connectivity index (χ2n) is 5.09. The van der Waals surface area contributed by atoms with Crippen LogP contribution in [-0.4, -0.2) is 34.8 Å². The van der Waals surface area contributed by atoms with E-state index in [9.17, 15) is 9.90 Å². The van der Waals surface area contributed by atoms with Crippen LogP contribution >= 0.6 is 0 Å². The van der Waals surface area contributed by atoms with Crippen molar-refractivity contribution in [2.75, 3.05) is 13.1 Å². The Balaban J connectivity index is 1.79. The van der Waals surface area contributed by atoms with E-state index in [0.717, 1.165) is 5.56 Å². The predicted octanol–water partition coefficient (Wildman–Crippen LogP) is 2.06. The standard InChI is InChI=1S/C15H18N2O3/c16-9-6-15(19)7-10-17(11-8-15)14(18)20-12-13-4-2-1-3-5-13/h1-5,19H,6-8,10-12H2. The average Bonchev–Trinajstić information content (AvgIpc) is 2.47. The van der Waals surface area contributed by atoms with Crippen molar-refractivity contribution >= 4 is 6.09 Å². The molecule has 1 aliphatic rings. The second-order valence-corrected chi connectivity index (χ2v) is 5.09. The Morgan fingerprint density at radius 2 is 2.00 bits per heavy atom. The lowest BCUT2D eigenvalue weighted by Gasteiger charge is -2.36. The van der Waals surface area contributed by atoms with Crippen LogP contribution in [0.5, 0.6) is 0 Å². The van der Waals surface area contributed by atoms with Gasteiger partial charge in [0.2, 0.25) is 0 Å². The summed E-state index contributed by atoms with van der Waals surface area (Å²) in [6.07, 6.45) is 0.579. The number of likely N-dealkylation sites (tertiary alicyclic amines) is 1. The highest BCUT2D eigenvalue weighted by Crippen LogP contribution is 2.25. The largest absolute Gasteiger partial charge is 0.445 e. The molecule has 0 radical (unpaired) electrons. The quantitative estimate of drug-likeness (QED) is 0.915. The zero-order valence-electron chi connectivity index (χ0n) is 11.3. The van der Waals surface area contributed by atoms with Gasteiger partial charge < -0.3 is 14.7 Å². The van der Waals surface area contributed by atoms with Crippen LogP contribution < -0.4 is 0 Å². The van der Waals surface area contributed by atoms with Crippen molar-refractivity contribution in [1.82, 2.24) is 4.90 Å². The first-order valence-corrected chi connectivity index (χ1v) is 6.68. The maximum atomic E-state index is 11.9. The Morgan fingerprint density at radius 3 is 2.60 bits per heavy atom. The van der Waals surface area contributed by atoms with Crippen molar-refractivity contribution in [3.8, 4) is 6.07 Å². The van der Waals surface area contributed by atoms with Crippen LogP contribution in [0.2, 0.25) is 0 Å². The van der Waals surface area contributed by atoms with Gasteiger partial charge in [-0.1, -0.05) is 30.3 Å². The predicted molar refractivity (Wildman–Crippen MR) is 72.6 cm³/mol. The molecule has 0 unspecified atom stereocenters. The molecule has 1 N–H and O–H groups in total. The Labute approximate surface area is 118 Å². The number of nitriles is 1. The van der Waals surface area contributed by atoms with E-state index in [1.807, 2.05) is 36.4 Å². The van der Waals surface area contributed by atoms with Gasteiger partial charge in [0.1, 0.15) is 6.61 Å². The molecule has 0 aliphatic carbocycles. The van der Waals surface area contributed by atoms with Gasteiger partial charge in [-0.2, -0.15) is 5.26 Å². The summed E-state index contributed by atoms with van der Waals surface area (Å²) < 4.78 is 5.24. The van der Waals surface area contributed by atoms with E-state index in [1.54, 1.807) is 4.90 Å². The van der Waals surface area contributed by atoms with Crippen LogP contribution in [0.3, 0.4) is 0 Å². The molecule has 0 spiro atoms. The molecule has 0 atom stereocenters. The molecule has 0 bridgehead atoms. The molecule has 1 aliphatic heterocycles. The van der Waals surface area contributed by atoms with Crippen molar-refractivity contribution in [1.29, 1.82) is 5.26 Å². The number of piperidine rings is 1. The number of ether oxygens (including phenoxy) is 1. The number of aliphatic hydroxyl groups is 1. The third-order valence-electron chi connectivity index (χ3n) is 3.57.